The monoisotopic (exact) mass is 576 g/mol. The van der Waals surface area contributed by atoms with Crippen LogP contribution in [0, 0.1) is 11.6 Å². The smallest absolute Gasteiger partial charge is 0.336 e. The van der Waals surface area contributed by atoms with Crippen LogP contribution in [0.2, 0.25) is 0 Å². The first-order valence-corrected chi connectivity index (χ1v) is 12.0. The summed E-state index contributed by atoms with van der Waals surface area (Å²) in [6, 6.07) is 15.4. The molecule has 0 amide bonds. The van der Waals surface area contributed by atoms with Crippen molar-refractivity contribution in [2.24, 2.45) is 0 Å². The molecule has 0 saturated carbocycles. The first-order valence-electron chi connectivity index (χ1n) is 12.0. The minimum Gasteiger partial charge on any atom is -0.493 e. The molecule has 0 radical (unpaired) electrons. The molecular weight excluding hydrogens is 546 g/mol. The van der Waals surface area contributed by atoms with Crippen LogP contribution in [-0.4, -0.2) is 68.0 Å². The van der Waals surface area contributed by atoms with Crippen molar-refractivity contribution < 1.29 is 53.1 Å². The number of para-hydroxylation sites is 1. The van der Waals surface area contributed by atoms with Crippen molar-refractivity contribution in [3.63, 3.8) is 0 Å². The Morgan fingerprint density at radius 1 is 0.854 bits per heavy atom. The molecule has 13 heteroatoms. The van der Waals surface area contributed by atoms with E-state index in [1.165, 1.54) is 6.07 Å². The second-order valence-electron chi connectivity index (χ2n) is 8.85. The Balaban J connectivity index is 0.000000383. The first-order chi connectivity index (χ1) is 19.4. The van der Waals surface area contributed by atoms with E-state index in [1.54, 1.807) is 26.5 Å². The molecule has 41 heavy (non-hydrogen) atoms. The van der Waals surface area contributed by atoms with Crippen LogP contribution in [0.15, 0.2) is 60.8 Å². The summed E-state index contributed by atoms with van der Waals surface area (Å²) in [5, 5.41) is 33.8. The van der Waals surface area contributed by atoms with E-state index >= 15 is 0 Å². The molecule has 0 spiro atoms. The van der Waals surface area contributed by atoms with Gasteiger partial charge < -0.3 is 29.9 Å². The summed E-state index contributed by atoms with van der Waals surface area (Å²) in [6.07, 6.45) is -0.555. The van der Waals surface area contributed by atoms with Gasteiger partial charge in [0.15, 0.2) is 28.7 Å². The number of aliphatic carboxylic acids is 3. The number of pyridine rings is 1. The molecule has 3 rings (SSSR count). The summed E-state index contributed by atoms with van der Waals surface area (Å²) in [4.78, 5) is 37.0. The van der Waals surface area contributed by atoms with Crippen LogP contribution >= 0.6 is 0 Å². The number of carboxylic acids is 3. The van der Waals surface area contributed by atoms with Crippen LogP contribution in [-0.2, 0) is 34.0 Å². The predicted molar refractivity (Wildman–Crippen MR) is 140 cm³/mol. The second kappa shape index (κ2) is 15.2. The van der Waals surface area contributed by atoms with Crippen molar-refractivity contribution in [3.05, 3.63) is 89.2 Å². The molecule has 0 aliphatic heterocycles. The van der Waals surface area contributed by atoms with Gasteiger partial charge in [0, 0.05) is 31.4 Å². The van der Waals surface area contributed by atoms with Gasteiger partial charge in [-0.2, -0.15) is 0 Å². The highest BCUT2D eigenvalue weighted by Crippen LogP contribution is 2.32. The Morgan fingerprint density at radius 2 is 1.54 bits per heavy atom. The maximum absolute atomic E-state index is 13.7. The number of nitrogens with zero attached hydrogens (tertiary/aromatic N) is 2. The van der Waals surface area contributed by atoms with Crippen LogP contribution < -0.4 is 9.47 Å². The molecule has 0 aliphatic carbocycles. The first kappa shape index (κ1) is 32.6. The third-order valence-electron chi connectivity index (χ3n) is 5.67. The fraction of sp³-hybridized carbons (Fsp3) is 0.286. The van der Waals surface area contributed by atoms with E-state index in [9.17, 15) is 23.2 Å². The van der Waals surface area contributed by atoms with E-state index in [-0.39, 0.29) is 0 Å². The Hall–Kier alpha value is -4.62. The summed E-state index contributed by atoms with van der Waals surface area (Å²) < 4.78 is 37.8. The number of aliphatic hydroxyl groups is 1. The van der Waals surface area contributed by atoms with Crippen molar-refractivity contribution in [2.45, 2.75) is 38.1 Å². The number of benzene rings is 2. The van der Waals surface area contributed by atoms with Crippen molar-refractivity contribution in [1.82, 2.24) is 9.88 Å². The number of ether oxygens (including phenoxy) is 2. The summed E-state index contributed by atoms with van der Waals surface area (Å²) in [7, 11) is 3.19. The predicted octanol–water partition coefficient (Wildman–Crippen LogP) is 3.33. The van der Waals surface area contributed by atoms with Crippen LogP contribution in [0.3, 0.4) is 0 Å². The van der Waals surface area contributed by atoms with E-state index in [0.29, 0.717) is 36.7 Å². The minimum atomic E-state index is -2.74. The Labute approximate surface area is 234 Å². The van der Waals surface area contributed by atoms with Gasteiger partial charge in [-0.1, -0.05) is 24.3 Å². The molecule has 220 valence electrons. The second-order valence-corrected chi connectivity index (χ2v) is 8.85. The van der Waals surface area contributed by atoms with E-state index in [1.807, 2.05) is 36.4 Å². The van der Waals surface area contributed by atoms with Gasteiger partial charge in [-0.25, -0.2) is 13.6 Å². The van der Waals surface area contributed by atoms with Crippen LogP contribution in [0.4, 0.5) is 8.78 Å². The van der Waals surface area contributed by atoms with Crippen molar-refractivity contribution in [2.75, 3.05) is 14.2 Å². The average molecular weight is 577 g/mol. The van der Waals surface area contributed by atoms with Crippen molar-refractivity contribution in [3.8, 4) is 11.5 Å². The molecule has 0 aliphatic rings. The molecule has 11 nitrogen and oxygen atoms in total. The molecule has 0 unspecified atom stereocenters. The molecule has 0 fully saturated rings. The number of halogens is 2. The van der Waals surface area contributed by atoms with Gasteiger partial charge in [0.05, 0.1) is 32.8 Å². The largest absolute Gasteiger partial charge is 0.493 e. The topological polar surface area (TPSA) is 167 Å². The Morgan fingerprint density at radius 3 is 2.05 bits per heavy atom. The average Bonchev–Trinajstić information content (AvgIpc) is 2.90. The van der Waals surface area contributed by atoms with Crippen molar-refractivity contribution in [1.29, 1.82) is 0 Å². The lowest BCUT2D eigenvalue weighted by atomic mass is 9.96. The zero-order valence-electron chi connectivity index (χ0n) is 22.3. The van der Waals surface area contributed by atoms with Gasteiger partial charge in [0.1, 0.15) is 0 Å². The number of rotatable bonds is 13. The molecular formula is C28H30F2N2O9. The summed E-state index contributed by atoms with van der Waals surface area (Å²) in [5.74, 6) is -5.43. The number of carboxylic acid groups (broad SMARTS) is 3. The molecule has 0 atom stereocenters. The zero-order valence-corrected chi connectivity index (χ0v) is 22.3. The quantitative estimate of drug-likeness (QED) is 0.236. The Kier molecular flexibility index (Phi) is 12.1. The molecule has 0 bridgehead atoms. The normalized spacial score (nSPS) is 10.9. The fourth-order valence-corrected chi connectivity index (χ4v) is 3.82. The van der Waals surface area contributed by atoms with E-state index in [4.69, 9.17) is 29.9 Å². The van der Waals surface area contributed by atoms with Crippen LogP contribution in [0.1, 0.15) is 29.7 Å². The molecule has 1 aromatic heterocycles. The lowest BCUT2D eigenvalue weighted by molar-refractivity contribution is -0.170. The van der Waals surface area contributed by atoms with E-state index in [2.05, 4.69) is 9.88 Å². The van der Waals surface area contributed by atoms with Crippen molar-refractivity contribution >= 4 is 17.9 Å². The third-order valence-corrected chi connectivity index (χ3v) is 5.67. The van der Waals surface area contributed by atoms with Gasteiger partial charge in [-0.15, -0.1) is 0 Å². The lowest BCUT2D eigenvalue weighted by Gasteiger charge is -2.24. The maximum atomic E-state index is 13.7. The summed E-state index contributed by atoms with van der Waals surface area (Å²) in [5.41, 5.74) is -0.249. The zero-order chi connectivity index (χ0) is 30.6. The number of hydrogen-bond donors (Lipinski definition) is 4. The molecule has 2 aromatic carbocycles. The number of aromatic nitrogens is 1. The maximum Gasteiger partial charge on any atom is 0.336 e. The van der Waals surface area contributed by atoms with E-state index < -0.39 is 48.0 Å². The lowest BCUT2D eigenvalue weighted by Crippen LogP contribution is -2.42. The summed E-state index contributed by atoms with van der Waals surface area (Å²) >= 11 is 0. The number of hydrogen-bond acceptors (Lipinski definition) is 8. The van der Waals surface area contributed by atoms with E-state index in [0.717, 1.165) is 17.3 Å². The highest BCUT2D eigenvalue weighted by Gasteiger charge is 2.40. The molecule has 4 N–H and O–H groups in total. The van der Waals surface area contributed by atoms with Gasteiger partial charge in [0.25, 0.3) is 0 Å². The highest BCUT2D eigenvalue weighted by atomic mass is 19.2. The minimum absolute atomic E-state index is 0.425. The van der Waals surface area contributed by atoms with Gasteiger partial charge in [-0.05, 0) is 35.9 Å². The van der Waals surface area contributed by atoms with Gasteiger partial charge in [-0.3, -0.25) is 19.5 Å². The van der Waals surface area contributed by atoms with Gasteiger partial charge >= 0.3 is 17.9 Å². The van der Waals surface area contributed by atoms with Gasteiger partial charge in [0.2, 0.25) is 0 Å². The molecule has 1 heterocycles. The molecule has 3 aromatic rings. The van der Waals surface area contributed by atoms with Crippen LogP contribution in [0.25, 0.3) is 0 Å². The SMILES string of the molecule is COc1cccc(CN(Cc2ccc(F)c(F)c2)Cc2ccccn2)c1OC.O=C(O)CC(O)(CC(=O)O)C(=O)O. The summed E-state index contributed by atoms with van der Waals surface area (Å²) in [6.45, 7) is 1.49. The fourth-order valence-electron chi connectivity index (χ4n) is 3.82. The number of methoxy groups -OCH3 is 2. The van der Waals surface area contributed by atoms with Crippen LogP contribution in [0.5, 0.6) is 11.5 Å². The Bertz CT molecular complexity index is 1320. The highest BCUT2D eigenvalue weighted by molar-refractivity contribution is 5.88. The standard InChI is InChI=1S/C22H22F2N2O2.C6H8O7/c1-27-21-8-5-6-17(22(21)28-2)14-26(15-18-7-3-4-11-25-18)13-16-9-10-19(23)20(24)12-16;7-3(8)1-6(13,5(11)12)2-4(9)10/h3-12H,13-15H2,1-2H3;13H,1-2H2,(H,7,8)(H,9,10)(H,11,12). The molecule has 0 saturated heterocycles. The number of carbonyl (C=O) groups is 3. The third kappa shape index (κ3) is 10.1.